The fourth-order valence-corrected chi connectivity index (χ4v) is 5.31. The van der Waals surface area contributed by atoms with Crippen molar-refractivity contribution < 1.29 is 18.1 Å². The van der Waals surface area contributed by atoms with Gasteiger partial charge in [0.25, 0.3) is 0 Å². The fourth-order valence-electron chi connectivity index (χ4n) is 2.20. The SMILES string of the molecule is CC(C)CCC(=O)NCC[Si](OC(C)C)(OC(C)C)OC(C)C. The van der Waals surface area contributed by atoms with Crippen molar-refractivity contribution in [1.29, 1.82) is 0 Å². The number of rotatable bonds is 12. The lowest BCUT2D eigenvalue weighted by Crippen LogP contribution is -2.52. The lowest BCUT2D eigenvalue weighted by atomic mass is 10.1. The van der Waals surface area contributed by atoms with E-state index in [9.17, 15) is 4.79 Å². The Morgan fingerprint density at radius 1 is 0.870 bits per heavy atom. The Morgan fingerprint density at radius 3 is 1.65 bits per heavy atom. The summed E-state index contributed by atoms with van der Waals surface area (Å²) in [6, 6.07) is 0.592. The lowest BCUT2D eigenvalue weighted by Gasteiger charge is -2.34. The standard InChI is InChI=1S/C17H37NO4Si/c1-13(2)9-10-17(19)18-11-12-23(20-14(3)4,21-15(5)6)22-16(7)8/h13-16H,9-12H2,1-8H3,(H,18,19). The third-order valence-electron chi connectivity index (χ3n) is 2.95. The molecule has 5 nitrogen and oxygen atoms in total. The Bertz CT molecular complexity index is 306. The topological polar surface area (TPSA) is 56.8 Å². The number of amides is 1. The van der Waals surface area contributed by atoms with Gasteiger partial charge in [-0.15, -0.1) is 0 Å². The van der Waals surface area contributed by atoms with Gasteiger partial charge in [0.1, 0.15) is 0 Å². The molecule has 23 heavy (non-hydrogen) atoms. The third kappa shape index (κ3) is 11.7. The highest BCUT2D eigenvalue weighted by molar-refractivity contribution is 6.61. The highest BCUT2D eigenvalue weighted by Crippen LogP contribution is 2.21. The van der Waals surface area contributed by atoms with Crippen molar-refractivity contribution in [3.8, 4) is 0 Å². The molecule has 0 unspecified atom stereocenters. The van der Waals surface area contributed by atoms with Crippen LogP contribution in [0, 0.1) is 5.92 Å². The van der Waals surface area contributed by atoms with Gasteiger partial charge in [-0.05, 0) is 53.9 Å². The van der Waals surface area contributed by atoms with Gasteiger partial charge in [0.15, 0.2) is 0 Å². The minimum Gasteiger partial charge on any atom is -0.371 e. The molecular weight excluding hydrogens is 310 g/mol. The van der Waals surface area contributed by atoms with Crippen molar-refractivity contribution >= 4 is 14.7 Å². The van der Waals surface area contributed by atoms with E-state index in [2.05, 4.69) is 19.2 Å². The zero-order valence-corrected chi connectivity index (χ0v) is 17.3. The molecule has 1 amide bonds. The largest absolute Gasteiger partial charge is 0.503 e. The zero-order valence-electron chi connectivity index (χ0n) is 16.3. The van der Waals surface area contributed by atoms with Gasteiger partial charge in [-0.2, -0.15) is 0 Å². The first-order valence-corrected chi connectivity index (χ1v) is 10.8. The van der Waals surface area contributed by atoms with Gasteiger partial charge < -0.3 is 18.6 Å². The summed E-state index contributed by atoms with van der Waals surface area (Å²) >= 11 is 0. The molecule has 0 rings (SSSR count). The van der Waals surface area contributed by atoms with E-state index in [0.29, 0.717) is 24.9 Å². The van der Waals surface area contributed by atoms with Crippen LogP contribution in [0.1, 0.15) is 68.2 Å². The van der Waals surface area contributed by atoms with E-state index in [1.807, 2.05) is 41.5 Å². The molecule has 0 atom stereocenters. The summed E-state index contributed by atoms with van der Waals surface area (Å²) in [5.74, 6) is 0.618. The summed E-state index contributed by atoms with van der Waals surface area (Å²) in [7, 11) is -2.81. The molecule has 0 radical (unpaired) electrons. The third-order valence-corrected chi connectivity index (χ3v) is 6.30. The molecule has 0 heterocycles. The van der Waals surface area contributed by atoms with E-state index >= 15 is 0 Å². The molecule has 0 bridgehead atoms. The maximum Gasteiger partial charge on any atom is 0.503 e. The van der Waals surface area contributed by atoms with Crippen molar-refractivity contribution in [1.82, 2.24) is 5.32 Å². The van der Waals surface area contributed by atoms with Crippen LogP contribution in [0.5, 0.6) is 0 Å². The molecule has 1 N–H and O–H groups in total. The summed E-state index contributed by atoms with van der Waals surface area (Å²) in [6.07, 6.45) is 1.54. The van der Waals surface area contributed by atoms with Crippen LogP contribution in [0.2, 0.25) is 6.04 Å². The van der Waals surface area contributed by atoms with Crippen molar-refractivity contribution in [2.24, 2.45) is 5.92 Å². The van der Waals surface area contributed by atoms with Crippen LogP contribution in [0.3, 0.4) is 0 Å². The number of carbonyl (C=O) groups excluding carboxylic acids is 1. The maximum atomic E-state index is 11.9. The van der Waals surface area contributed by atoms with Gasteiger partial charge in [0, 0.05) is 37.3 Å². The summed E-state index contributed by atoms with van der Waals surface area (Å²) in [6.45, 7) is 16.7. The van der Waals surface area contributed by atoms with Gasteiger partial charge in [-0.25, -0.2) is 0 Å². The first-order chi connectivity index (χ1) is 10.6. The van der Waals surface area contributed by atoms with Gasteiger partial charge >= 0.3 is 8.80 Å². The Balaban J connectivity index is 4.68. The number of nitrogens with one attached hydrogen (secondary N) is 1. The van der Waals surface area contributed by atoms with Gasteiger partial charge in [0.05, 0.1) is 0 Å². The van der Waals surface area contributed by atoms with Crippen LogP contribution in [-0.2, 0) is 18.1 Å². The van der Waals surface area contributed by atoms with Crippen molar-refractivity contribution in [2.45, 2.75) is 92.6 Å². The normalized spacial score (nSPS) is 12.7. The monoisotopic (exact) mass is 347 g/mol. The maximum absolute atomic E-state index is 11.9. The number of carbonyl (C=O) groups is 1. The molecule has 0 aliphatic rings. The molecule has 0 spiro atoms. The first-order valence-electron chi connectivity index (χ1n) is 8.86. The summed E-state index contributed by atoms with van der Waals surface area (Å²) in [5.41, 5.74) is 0. The van der Waals surface area contributed by atoms with E-state index in [1.54, 1.807) is 0 Å². The summed E-state index contributed by atoms with van der Waals surface area (Å²) in [5, 5.41) is 2.97. The summed E-state index contributed by atoms with van der Waals surface area (Å²) in [4.78, 5) is 11.9. The minimum atomic E-state index is -2.81. The average Bonchev–Trinajstić information content (AvgIpc) is 2.33. The lowest BCUT2D eigenvalue weighted by molar-refractivity contribution is -0.121. The molecule has 0 saturated heterocycles. The molecule has 0 fully saturated rings. The van der Waals surface area contributed by atoms with E-state index in [-0.39, 0.29) is 24.2 Å². The molecule has 0 aliphatic carbocycles. The molecule has 0 aromatic rings. The van der Waals surface area contributed by atoms with Crippen LogP contribution < -0.4 is 5.32 Å². The second kappa shape index (κ2) is 11.2. The average molecular weight is 348 g/mol. The molecule has 6 heteroatoms. The molecule has 138 valence electrons. The van der Waals surface area contributed by atoms with Crippen LogP contribution in [-0.4, -0.2) is 39.6 Å². The van der Waals surface area contributed by atoms with Crippen LogP contribution in [0.4, 0.5) is 0 Å². The Morgan fingerprint density at radius 2 is 1.30 bits per heavy atom. The second-order valence-corrected chi connectivity index (χ2v) is 9.79. The molecular formula is C17H37NO4Si. The Hall–Kier alpha value is -0.433. The second-order valence-electron chi connectivity index (χ2n) is 7.22. The van der Waals surface area contributed by atoms with Crippen LogP contribution in [0.25, 0.3) is 0 Å². The first kappa shape index (κ1) is 22.6. The molecule has 0 aliphatic heterocycles. The molecule has 0 aromatic carbocycles. The molecule has 0 aromatic heterocycles. The van der Waals surface area contributed by atoms with Crippen molar-refractivity contribution in [3.05, 3.63) is 0 Å². The Labute approximate surface area is 143 Å². The highest BCUT2D eigenvalue weighted by Gasteiger charge is 2.43. The predicted octanol–water partition coefficient (Wildman–Crippen LogP) is 3.75. The van der Waals surface area contributed by atoms with Gasteiger partial charge in [0.2, 0.25) is 5.91 Å². The van der Waals surface area contributed by atoms with E-state index in [0.717, 1.165) is 6.42 Å². The van der Waals surface area contributed by atoms with Crippen molar-refractivity contribution in [2.75, 3.05) is 6.54 Å². The van der Waals surface area contributed by atoms with E-state index in [1.165, 1.54) is 0 Å². The van der Waals surface area contributed by atoms with E-state index < -0.39 is 8.80 Å². The number of hydrogen-bond donors (Lipinski definition) is 1. The van der Waals surface area contributed by atoms with Crippen LogP contribution in [0.15, 0.2) is 0 Å². The predicted molar refractivity (Wildman–Crippen MR) is 96.3 cm³/mol. The Kier molecular flexibility index (Phi) is 11.0. The fraction of sp³-hybridized carbons (Fsp3) is 0.941. The minimum absolute atomic E-state index is 0.0239. The van der Waals surface area contributed by atoms with Crippen LogP contribution >= 0.6 is 0 Å². The summed E-state index contributed by atoms with van der Waals surface area (Å²) < 4.78 is 18.2. The smallest absolute Gasteiger partial charge is 0.371 e. The number of hydrogen-bond acceptors (Lipinski definition) is 4. The zero-order chi connectivity index (χ0) is 18.0. The van der Waals surface area contributed by atoms with Gasteiger partial charge in [-0.3, -0.25) is 4.79 Å². The van der Waals surface area contributed by atoms with Crippen molar-refractivity contribution in [3.63, 3.8) is 0 Å². The van der Waals surface area contributed by atoms with Gasteiger partial charge in [-0.1, -0.05) is 13.8 Å². The quantitative estimate of drug-likeness (QED) is 0.546. The van der Waals surface area contributed by atoms with E-state index in [4.69, 9.17) is 13.3 Å². The highest BCUT2D eigenvalue weighted by atomic mass is 28.4. The molecule has 0 saturated carbocycles.